The fourth-order valence-electron chi connectivity index (χ4n) is 3.32. The van der Waals surface area contributed by atoms with Gasteiger partial charge in [0.2, 0.25) is 0 Å². The summed E-state index contributed by atoms with van der Waals surface area (Å²) in [5, 5.41) is 3.51. The van der Waals surface area contributed by atoms with Crippen molar-refractivity contribution in [1.82, 2.24) is 4.90 Å². The highest BCUT2D eigenvalue weighted by atomic mass is 35.5. The highest BCUT2D eigenvalue weighted by molar-refractivity contribution is 8.26. The van der Waals surface area contributed by atoms with Crippen LogP contribution in [0.15, 0.2) is 77.7 Å². The van der Waals surface area contributed by atoms with Gasteiger partial charge in [-0.25, -0.2) is 0 Å². The van der Waals surface area contributed by atoms with E-state index in [2.05, 4.69) is 5.32 Å². The second kappa shape index (κ2) is 11.7. The molecule has 1 fully saturated rings. The topological polar surface area (TPSA) is 58.6 Å². The van der Waals surface area contributed by atoms with Gasteiger partial charge in [0.05, 0.1) is 15.6 Å². The van der Waals surface area contributed by atoms with Crippen LogP contribution in [0.2, 0.25) is 10.0 Å². The number of hydrogen-bond acceptors (Lipinski definition) is 5. The summed E-state index contributed by atoms with van der Waals surface area (Å²) in [6, 6.07) is 21.9. The Kier molecular flexibility index (Phi) is 8.46. The molecule has 35 heavy (non-hydrogen) atoms. The molecule has 1 saturated heterocycles. The molecule has 0 aliphatic carbocycles. The number of halogens is 2. The normalized spacial score (nSPS) is 14.5. The molecule has 1 aliphatic rings. The van der Waals surface area contributed by atoms with Crippen LogP contribution in [0.4, 0.5) is 5.69 Å². The molecule has 9 heteroatoms. The Morgan fingerprint density at radius 1 is 1.06 bits per heavy atom. The van der Waals surface area contributed by atoms with Gasteiger partial charge in [-0.2, -0.15) is 0 Å². The van der Waals surface area contributed by atoms with Gasteiger partial charge in [0.1, 0.15) is 10.1 Å². The van der Waals surface area contributed by atoms with Crippen LogP contribution >= 0.6 is 47.2 Å². The number of thiocarbonyl (C=S) groups is 1. The number of hydrogen-bond donors (Lipinski definition) is 1. The third-order valence-electron chi connectivity index (χ3n) is 5.09. The molecule has 0 bridgehead atoms. The highest BCUT2D eigenvalue weighted by Gasteiger charge is 2.31. The summed E-state index contributed by atoms with van der Waals surface area (Å²) in [4.78, 5) is 27.2. The second-order valence-electron chi connectivity index (χ2n) is 7.60. The van der Waals surface area contributed by atoms with E-state index in [1.54, 1.807) is 41.3 Å². The van der Waals surface area contributed by atoms with Gasteiger partial charge >= 0.3 is 0 Å². The number of carbonyl (C=O) groups is 2. The average molecular weight is 543 g/mol. The third kappa shape index (κ3) is 6.86. The number of thioether (sulfide) groups is 1. The minimum Gasteiger partial charge on any atom is -0.484 e. The van der Waals surface area contributed by atoms with E-state index in [-0.39, 0.29) is 18.4 Å². The van der Waals surface area contributed by atoms with Crippen LogP contribution in [0.5, 0.6) is 5.75 Å². The average Bonchev–Trinajstić information content (AvgIpc) is 3.11. The van der Waals surface area contributed by atoms with E-state index >= 15 is 0 Å². The number of benzene rings is 3. The Labute approximate surface area is 223 Å². The van der Waals surface area contributed by atoms with Gasteiger partial charge in [-0.3, -0.25) is 14.5 Å². The van der Waals surface area contributed by atoms with Gasteiger partial charge in [0.25, 0.3) is 11.8 Å². The summed E-state index contributed by atoms with van der Waals surface area (Å²) in [7, 11) is 0. The number of carbonyl (C=O) groups excluding carboxylic acids is 2. The van der Waals surface area contributed by atoms with E-state index in [0.29, 0.717) is 37.3 Å². The monoisotopic (exact) mass is 542 g/mol. The highest BCUT2D eigenvalue weighted by Crippen LogP contribution is 2.33. The predicted molar refractivity (Wildman–Crippen MR) is 147 cm³/mol. The SMILES string of the molecule is O=C(COc1ccc(/C=C2\SC(=S)N(CCc3ccccc3)C2=O)cc1)Nc1ccc(Cl)cc1Cl. The number of anilines is 1. The lowest BCUT2D eigenvalue weighted by Crippen LogP contribution is -2.30. The number of amides is 2. The standard InChI is InChI=1S/C26H20Cl2N2O3S2/c27-19-8-11-22(21(28)15-19)29-24(31)16-33-20-9-6-18(7-10-20)14-23-25(32)30(26(34)35-23)13-12-17-4-2-1-3-5-17/h1-11,14-15H,12-13,16H2,(H,29,31)/b23-14-. The molecule has 1 heterocycles. The van der Waals surface area contributed by atoms with E-state index in [0.717, 1.165) is 17.5 Å². The first-order chi connectivity index (χ1) is 16.9. The van der Waals surface area contributed by atoms with E-state index in [9.17, 15) is 9.59 Å². The van der Waals surface area contributed by atoms with Crippen molar-refractivity contribution in [3.63, 3.8) is 0 Å². The van der Waals surface area contributed by atoms with Gasteiger partial charge in [-0.05, 0) is 54.0 Å². The Morgan fingerprint density at radius 3 is 2.51 bits per heavy atom. The molecule has 4 rings (SSSR count). The van der Waals surface area contributed by atoms with E-state index in [1.165, 1.54) is 11.8 Å². The van der Waals surface area contributed by atoms with Crippen LogP contribution in [-0.2, 0) is 16.0 Å². The van der Waals surface area contributed by atoms with Gasteiger partial charge in [-0.15, -0.1) is 0 Å². The van der Waals surface area contributed by atoms with Crippen LogP contribution < -0.4 is 10.1 Å². The zero-order valence-electron chi connectivity index (χ0n) is 18.4. The first-order valence-electron chi connectivity index (χ1n) is 10.7. The second-order valence-corrected chi connectivity index (χ2v) is 10.1. The van der Waals surface area contributed by atoms with Gasteiger partial charge < -0.3 is 10.1 Å². The lowest BCUT2D eigenvalue weighted by Gasteiger charge is -2.14. The van der Waals surface area contributed by atoms with Crippen molar-refractivity contribution in [3.05, 3.63) is 98.9 Å². The molecule has 1 N–H and O–H groups in total. The lowest BCUT2D eigenvalue weighted by molar-refractivity contribution is -0.122. The van der Waals surface area contributed by atoms with Crippen molar-refractivity contribution in [2.75, 3.05) is 18.5 Å². The van der Waals surface area contributed by atoms with Crippen molar-refractivity contribution in [3.8, 4) is 5.75 Å². The largest absolute Gasteiger partial charge is 0.484 e. The molecule has 0 unspecified atom stereocenters. The Hall–Kier alpha value is -2.84. The lowest BCUT2D eigenvalue weighted by atomic mass is 10.1. The van der Waals surface area contributed by atoms with E-state index < -0.39 is 0 Å². The number of ether oxygens (including phenoxy) is 1. The van der Waals surface area contributed by atoms with E-state index in [4.69, 9.17) is 40.2 Å². The first-order valence-corrected chi connectivity index (χ1v) is 12.6. The number of nitrogens with zero attached hydrogens (tertiary/aromatic N) is 1. The fraction of sp³-hybridized carbons (Fsp3) is 0.115. The molecule has 0 spiro atoms. The summed E-state index contributed by atoms with van der Waals surface area (Å²) in [5.41, 5.74) is 2.45. The zero-order valence-corrected chi connectivity index (χ0v) is 21.5. The molecule has 2 amide bonds. The molecule has 5 nitrogen and oxygen atoms in total. The third-order valence-corrected chi connectivity index (χ3v) is 7.02. The molecule has 0 saturated carbocycles. The molecule has 0 atom stereocenters. The molecular formula is C26H20Cl2N2O3S2. The van der Waals surface area contributed by atoms with Crippen molar-refractivity contribution >= 4 is 75.1 Å². The molecule has 1 aliphatic heterocycles. The quantitative estimate of drug-likeness (QED) is 0.261. The van der Waals surface area contributed by atoms with Crippen LogP contribution in [0.25, 0.3) is 6.08 Å². The Balaban J connectivity index is 1.31. The van der Waals surface area contributed by atoms with Crippen LogP contribution in [0.1, 0.15) is 11.1 Å². The number of nitrogens with one attached hydrogen (secondary N) is 1. The summed E-state index contributed by atoms with van der Waals surface area (Å²) in [6.07, 6.45) is 2.55. The molecular weight excluding hydrogens is 523 g/mol. The minimum absolute atomic E-state index is 0.0891. The maximum Gasteiger partial charge on any atom is 0.266 e. The summed E-state index contributed by atoms with van der Waals surface area (Å²) >= 11 is 18.7. The summed E-state index contributed by atoms with van der Waals surface area (Å²) < 4.78 is 6.11. The summed E-state index contributed by atoms with van der Waals surface area (Å²) in [5.74, 6) is 0.0844. The van der Waals surface area contributed by atoms with E-state index in [1.807, 2.05) is 42.5 Å². The predicted octanol–water partition coefficient (Wildman–Crippen LogP) is 6.45. The van der Waals surface area contributed by atoms with Crippen LogP contribution in [-0.4, -0.2) is 34.2 Å². The maximum atomic E-state index is 12.8. The number of rotatable bonds is 8. The van der Waals surface area contributed by atoms with Gasteiger partial charge in [0.15, 0.2) is 6.61 Å². The molecule has 3 aromatic rings. The maximum absolute atomic E-state index is 12.8. The molecule has 0 aromatic heterocycles. The Bertz CT molecular complexity index is 1280. The molecule has 3 aromatic carbocycles. The molecule has 178 valence electrons. The van der Waals surface area contributed by atoms with Crippen LogP contribution in [0.3, 0.4) is 0 Å². The first kappa shape index (κ1) is 25.3. The smallest absolute Gasteiger partial charge is 0.266 e. The van der Waals surface area contributed by atoms with Crippen molar-refractivity contribution in [2.24, 2.45) is 0 Å². The summed E-state index contributed by atoms with van der Waals surface area (Å²) in [6.45, 7) is 0.362. The zero-order chi connectivity index (χ0) is 24.8. The Morgan fingerprint density at radius 2 is 1.80 bits per heavy atom. The van der Waals surface area contributed by atoms with Gasteiger partial charge in [0, 0.05) is 11.6 Å². The minimum atomic E-state index is -0.350. The van der Waals surface area contributed by atoms with Crippen molar-refractivity contribution in [1.29, 1.82) is 0 Å². The van der Waals surface area contributed by atoms with Crippen molar-refractivity contribution < 1.29 is 14.3 Å². The van der Waals surface area contributed by atoms with Crippen LogP contribution in [0, 0.1) is 0 Å². The fourth-order valence-corrected chi connectivity index (χ4v) is 5.08. The van der Waals surface area contributed by atoms with Gasteiger partial charge in [-0.1, -0.05) is 89.6 Å². The molecule has 0 radical (unpaired) electrons. The van der Waals surface area contributed by atoms with Crippen molar-refractivity contribution in [2.45, 2.75) is 6.42 Å².